The third-order valence-corrected chi connectivity index (χ3v) is 3.72. The summed E-state index contributed by atoms with van der Waals surface area (Å²) in [4.78, 5) is 14.8. The van der Waals surface area contributed by atoms with Gasteiger partial charge in [0.2, 0.25) is 5.91 Å². The molecule has 0 bridgehead atoms. The van der Waals surface area contributed by atoms with Gasteiger partial charge in [-0.1, -0.05) is 29.3 Å². The Morgan fingerprint density at radius 1 is 1.19 bits per heavy atom. The molecule has 2 rings (SSSR count). The maximum atomic E-state index is 11.8. The second-order valence-corrected chi connectivity index (χ2v) is 5.53. The highest BCUT2D eigenvalue weighted by molar-refractivity contribution is 6.42. The summed E-state index contributed by atoms with van der Waals surface area (Å²) < 4.78 is 0. The van der Waals surface area contributed by atoms with E-state index in [1.807, 2.05) is 13.0 Å². The highest BCUT2D eigenvalue weighted by Crippen LogP contribution is 2.23. The first-order valence-corrected chi connectivity index (χ1v) is 7.19. The van der Waals surface area contributed by atoms with E-state index in [-0.39, 0.29) is 12.3 Å². The molecule has 0 aliphatic rings. The first kappa shape index (κ1) is 15.6. The molecular weight excluding hydrogens is 309 g/mol. The Kier molecular flexibility index (Phi) is 5.04. The Hall–Kier alpha value is -1.78. The number of aryl methyl sites for hydroxylation is 1. The molecule has 2 aromatic rings. The third kappa shape index (κ3) is 4.34. The second-order valence-electron chi connectivity index (χ2n) is 4.71. The molecule has 0 aliphatic carbocycles. The molecular formula is C15H15Cl2N3O. The number of anilines is 1. The van der Waals surface area contributed by atoms with Gasteiger partial charge in [0.05, 0.1) is 10.0 Å². The van der Waals surface area contributed by atoms with Crippen molar-refractivity contribution in [2.75, 3.05) is 5.32 Å². The van der Waals surface area contributed by atoms with E-state index in [9.17, 15) is 4.79 Å². The normalized spacial score (nSPS) is 10.4. The first-order chi connectivity index (χ1) is 9.95. The van der Waals surface area contributed by atoms with Crippen molar-refractivity contribution >= 4 is 40.6 Å². The lowest BCUT2D eigenvalue weighted by Gasteiger charge is -2.06. The van der Waals surface area contributed by atoms with Crippen molar-refractivity contribution in [1.29, 1.82) is 5.41 Å². The van der Waals surface area contributed by atoms with Gasteiger partial charge in [0.1, 0.15) is 5.82 Å². The van der Waals surface area contributed by atoms with Crippen LogP contribution < -0.4 is 5.32 Å². The minimum absolute atomic E-state index is 0.137. The minimum atomic E-state index is -0.137. The van der Waals surface area contributed by atoms with Crippen LogP contribution in [0.2, 0.25) is 10.0 Å². The summed E-state index contributed by atoms with van der Waals surface area (Å²) >= 11 is 11.8. The smallest absolute Gasteiger partial charge is 0.225 e. The van der Waals surface area contributed by atoms with Crippen LogP contribution in [-0.2, 0) is 4.79 Å². The Balaban J connectivity index is 1.88. The van der Waals surface area contributed by atoms with Crippen LogP contribution in [-0.4, -0.2) is 16.6 Å². The molecule has 3 N–H and O–H groups in total. The Bertz CT molecular complexity index is 679. The predicted molar refractivity (Wildman–Crippen MR) is 86.7 cm³/mol. The van der Waals surface area contributed by atoms with Crippen LogP contribution in [0.4, 0.5) is 5.82 Å². The minimum Gasteiger partial charge on any atom is -0.346 e. The lowest BCUT2D eigenvalue weighted by Crippen LogP contribution is -2.13. The Labute approximate surface area is 133 Å². The molecule has 4 nitrogen and oxygen atoms in total. The summed E-state index contributed by atoms with van der Waals surface area (Å²) in [5.74, 6) is 0.528. The molecule has 1 aromatic heterocycles. The molecule has 0 unspecified atom stereocenters. The van der Waals surface area contributed by atoms with Gasteiger partial charge in [-0.3, -0.25) is 4.79 Å². The lowest BCUT2D eigenvalue weighted by atomic mass is 10.1. The largest absolute Gasteiger partial charge is 0.346 e. The van der Waals surface area contributed by atoms with E-state index in [1.54, 1.807) is 24.3 Å². The van der Waals surface area contributed by atoms with E-state index in [0.29, 0.717) is 33.6 Å². The van der Waals surface area contributed by atoms with E-state index in [1.165, 1.54) is 0 Å². The zero-order valence-electron chi connectivity index (χ0n) is 11.5. The number of nitrogens with one attached hydrogen (secondary N) is 3. The standard InChI is InChI=1S/C15H15Cl2N3O/c1-9-2-6-14(19-9)20-15(21)7-5-13(18)10-3-4-11(16)12(17)8-10/h2-4,6,8,18-19H,5,7H2,1H3,(H,20,21). The molecule has 0 spiro atoms. The molecule has 0 radical (unpaired) electrons. The van der Waals surface area contributed by atoms with Crippen molar-refractivity contribution in [3.05, 3.63) is 51.6 Å². The highest BCUT2D eigenvalue weighted by Gasteiger charge is 2.09. The number of aromatic amines is 1. The van der Waals surface area contributed by atoms with Crippen LogP contribution in [0, 0.1) is 12.3 Å². The zero-order valence-corrected chi connectivity index (χ0v) is 13.0. The summed E-state index contributed by atoms with van der Waals surface area (Å²) in [6.45, 7) is 1.91. The number of hydrogen-bond acceptors (Lipinski definition) is 2. The summed E-state index contributed by atoms with van der Waals surface area (Å²) in [7, 11) is 0. The average Bonchev–Trinajstić information content (AvgIpc) is 2.84. The van der Waals surface area contributed by atoms with Crippen molar-refractivity contribution < 1.29 is 4.79 Å². The molecule has 110 valence electrons. The topological polar surface area (TPSA) is 68.7 Å². The van der Waals surface area contributed by atoms with Gasteiger partial charge in [0, 0.05) is 17.8 Å². The quantitative estimate of drug-likeness (QED) is 0.700. The maximum absolute atomic E-state index is 11.8. The molecule has 1 heterocycles. The van der Waals surface area contributed by atoms with Crippen molar-refractivity contribution in [1.82, 2.24) is 4.98 Å². The fourth-order valence-corrected chi connectivity index (χ4v) is 2.15. The Morgan fingerprint density at radius 2 is 1.95 bits per heavy atom. The van der Waals surface area contributed by atoms with E-state index < -0.39 is 0 Å². The monoisotopic (exact) mass is 323 g/mol. The molecule has 1 amide bonds. The van der Waals surface area contributed by atoms with Crippen LogP contribution in [0.5, 0.6) is 0 Å². The van der Waals surface area contributed by atoms with Crippen LogP contribution in [0.3, 0.4) is 0 Å². The number of carbonyl (C=O) groups excluding carboxylic acids is 1. The number of hydrogen-bond donors (Lipinski definition) is 3. The molecule has 0 atom stereocenters. The van der Waals surface area contributed by atoms with E-state index in [2.05, 4.69) is 10.3 Å². The van der Waals surface area contributed by atoms with Gasteiger partial charge >= 0.3 is 0 Å². The number of benzene rings is 1. The molecule has 0 fully saturated rings. The molecule has 0 aliphatic heterocycles. The van der Waals surface area contributed by atoms with Crippen LogP contribution in [0.15, 0.2) is 30.3 Å². The van der Waals surface area contributed by atoms with Gasteiger partial charge in [-0.25, -0.2) is 0 Å². The fraction of sp³-hybridized carbons (Fsp3) is 0.200. The highest BCUT2D eigenvalue weighted by atomic mass is 35.5. The number of aromatic nitrogens is 1. The molecule has 6 heteroatoms. The first-order valence-electron chi connectivity index (χ1n) is 6.44. The van der Waals surface area contributed by atoms with Crippen LogP contribution in [0.25, 0.3) is 0 Å². The molecule has 21 heavy (non-hydrogen) atoms. The maximum Gasteiger partial charge on any atom is 0.225 e. The Morgan fingerprint density at radius 3 is 2.57 bits per heavy atom. The molecule has 1 aromatic carbocycles. The number of H-pyrrole nitrogens is 1. The van der Waals surface area contributed by atoms with E-state index in [4.69, 9.17) is 28.6 Å². The number of rotatable bonds is 5. The summed E-state index contributed by atoms with van der Waals surface area (Å²) in [5.41, 5.74) is 2.01. The van der Waals surface area contributed by atoms with Crippen LogP contribution >= 0.6 is 23.2 Å². The van der Waals surface area contributed by atoms with Gasteiger partial charge in [-0.2, -0.15) is 0 Å². The predicted octanol–water partition coefficient (Wildman–Crippen LogP) is 4.42. The summed E-state index contributed by atoms with van der Waals surface area (Å²) in [5, 5.41) is 11.6. The third-order valence-electron chi connectivity index (χ3n) is 2.98. The van der Waals surface area contributed by atoms with Crippen molar-refractivity contribution in [2.24, 2.45) is 0 Å². The van der Waals surface area contributed by atoms with Gasteiger partial charge in [-0.05, 0) is 43.2 Å². The lowest BCUT2D eigenvalue weighted by molar-refractivity contribution is -0.116. The van der Waals surface area contributed by atoms with Gasteiger partial charge < -0.3 is 15.7 Å². The van der Waals surface area contributed by atoms with Crippen molar-refractivity contribution in [2.45, 2.75) is 19.8 Å². The van der Waals surface area contributed by atoms with Crippen molar-refractivity contribution in [3.8, 4) is 0 Å². The van der Waals surface area contributed by atoms with Crippen molar-refractivity contribution in [3.63, 3.8) is 0 Å². The van der Waals surface area contributed by atoms with Gasteiger partial charge in [-0.15, -0.1) is 0 Å². The van der Waals surface area contributed by atoms with E-state index >= 15 is 0 Å². The number of halogens is 2. The fourth-order valence-electron chi connectivity index (χ4n) is 1.86. The molecule has 0 saturated heterocycles. The van der Waals surface area contributed by atoms with E-state index in [0.717, 1.165) is 5.69 Å². The zero-order chi connectivity index (χ0) is 15.4. The number of amides is 1. The van der Waals surface area contributed by atoms with Gasteiger partial charge in [0.25, 0.3) is 0 Å². The SMILES string of the molecule is Cc1ccc(NC(=O)CCC(=N)c2ccc(Cl)c(Cl)c2)[nH]1. The van der Waals surface area contributed by atoms with Gasteiger partial charge in [0.15, 0.2) is 0 Å². The summed E-state index contributed by atoms with van der Waals surface area (Å²) in [6.07, 6.45) is 0.570. The van der Waals surface area contributed by atoms with Crippen LogP contribution in [0.1, 0.15) is 24.1 Å². The number of carbonyl (C=O) groups is 1. The summed E-state index contributed by atoms with van der Waals surface area (Å²) in [6, 6.07) is 8.70. The molecule has 0 saturated carbocycles. The average molecular weight is 324 g/mol. The second kappa shape index (κ2) is 6.78.